The van der Waals surface area contributed by atoms with E-state index in [9.17, 15) is 0 Å². The van der Waals surface area contributed by atoms with E-state index in [0.717, 1.165) is 18.8 Å². The Morgan fingerprint density at radius 2 is 1.96 bits per heavy atom. The minimum atomic E-state index is 0. The third-order valence-corrected chi connectivity index (χ3v) is 4.57. The fraction of sp³-hybridized carbons (Fsp3) is 0.474. The smallest absolute Gasteiger partial charge is 0.188 e. The maximum atomic E-state index is 6.02. The zero-order valence-corrected chi connectivity index (χ0v) is 16.9. The van der Waals surface area contributed by atoms with E-state index in [1.807, 2.05) is 18.5 Å². The van der Waals surface area contributed by atoms with Gasteiger partial charge in [-0.15, -0.1) is 24.0 Å². The summed E-state index contributed by atoms with van der Waals surface area (Å²) < 4.78 is 2.18. The van der Waals surface area contributed by atoms with Gasteiger partial charge < -0.3 is 15.6 Å². The van der Waals surface area contributed by atoms with Gasteiger partial charge in [0.25, 0.3) is 0 Å². The molecule has 0 atom stereocenters. The van der Waals surface area contributed by atoms with Crippen molar-refractivity contribution in [3.05, 3.63) is 54.1 Å². The van der Waals surface area contributed by atoms with Gasteiger partial charge in [0.2, 0.25) is 0 Å². The summed E-state index contributed by atoms with van der Waals surface area (Å²) in [6.07, 6.45) is 11.0. The third kappa shape index (κ3) is 6.34. The highest BCUT2D eigenvalue weighted by atomic mass is 127. The number of nitrogens with one attached hydrogen (secondary N) is 1. The van der Waals surface area contributed by atoms with Gasteiger partial charge in [-0.2, -0.15) is 0 Å². The molecule has 3 N–H and O–H groups in total. The zero-order chi connectivity index (χ0) is 16.6. The summed E-state index contributed by atoms with van der Waals surface area (Å²) in [7, 11) is 0. The molecule has 1 aliphatic carbocycles. The lowest BCUT2D eigenvalue weighted by atomic mass is 9.96. The van der Waals surface area contributed by atoms with Crippen LogP contribution in [0.3, 0.4) is 0 Å². The molecule has 1 saturated carbocycles. The largest absolute Gasteiger partial charge is 0.370 e. The van der Waals surface area contributed by atoms with Crippen molar-refractivity contribution in [1.29, 1.82) is 0 Å². The molecule has 0 saturated heterocycles. The van der Waals surface area contributed by atoms with E-state index in [1.54, 1.807) is 0 Å². The summed E-state index contributed by atoms with van der Waals surface area (Å²) in [5.41, 5.74) is 7.29. The lowest BCUT2D eigenvalue weighted by Crippen LogP contribution is -2.41. The minimum Gasteiger partial charge on any atom is -0.370 e. The predicted molar refractivity (Wildman–Crippen MR) is 113 cm³/mol. The van der Waals surface area contributed by atoms with Gasteiger partial charge in [-0.1, -0.05) is 49.6 Å². The van der Waals surface area contributed by atoms with E-state index in [2.05, 4.69) is 44.1 Å². The topological polar surface area (TPSA) is 68.2 Å². The number of rotatable bonds is 6. The summed E-state index contributed by atoms with van der Waals surface area (Å²) >= 11 is 0. The first-order valence-electron chi connectivity index (χ1n) is 8.91. The predicted octanol–water partition coefficient (Wildman–Crippen LogP) is 3.33. The highest BCUT2D eigenvalue weighted by Gasteiger charge is 2.13. The van der Waals surface area contributed by atoms with Crippen LogP contribution < -0.4 is 11.1 Å². The number of hydrogen-bond donors (Lipinski definition) is 2. The fourth-order valence-electron chi connectivity index (χ4n) is 3.27. The fourth-order valence-corrected chi connectivity index (χ4v) is 3.27. The molecule has 136 valence electrons. The first-order chi connectivity index (χ1) is 11.8. The van der Waals surface area contributed by atoms with Crippen LogP contribution in [0, 0.1) is 0 Å². The molecule has 0 unspecified atom stereocenters. The average Bonchev–Trinajstić information content (AvgIpc) is 3.04. The lowest BCUT2D eigenvalue weighted by Gasteiger charge is -2.23. The van der Waals surface area contributed by atoms with Crippen molar-refractivity contribution in [2.45, 2.75) is 51.1 Å². The molecule has 0 aliphatic heterocycles. The molecule has 25 heavy (non-hydrogen) atoms. The van der Waals surface area contributed by atoms with Crippen molar-refractivity contribution in [3.8, 4) is 0 Å². The van der Waals surface area contributed by atoms with Gasteiger partial charge in [-0.25, -0.2) is 4.98 Å². The molecule has 6 heteroatoms. The van der Waals surface area contributed by atoms with E-state index >= 15 is 0 Å². The monoisotopic (exact) mass is 453 g/mol. The van der Waals surface area contributed by atoms with Crippen LogP contribution in [0.2, 0.25) is 0 Å². The van der Waals surface area contributed by atoms with Gasteiger partial charge in [0.1, 0.15) is 5.82 Å². The van der Waals surface area contributed by atoms with Crippen LogP contribution in [0.15, 0.2) is 47.7 Å². The summed E-state index contributed by atoms with van der Waals surface area (Å²) in [5.74, 6) is 1.62. The highest BCUT2D eigenvalue weighted by Crippen LogP contribution is 2.17. The second-order valence-electron chi connectivity index (χ2n) is 6.45. The molecule has 0 radical (unpaired) electrons. The Morgan fingerprint density at radius 3 is 2.72 bits per heavy atom. The first kappa shape index (κ1) is 19.8. The lowest BCUT2D eigenvalue weighted by molar-refractivity contribution is 0.412. The molecule has 1 fully saturated rings. The molecular weight excluding hydrogens is 425 g/mol. The number of nitrogens with two attached hydrogens (primary N) is 1. The molecular formula is C19H28IN5. The van der Waals surface area contributed by atoms with Crippen LogP contribution >= 0.6 is 24.0 Å². The number of aliphatic imine (C=N–C) groups is 1. The number of hydrogen-bond acceptors (Lipinski definition) is 2. The van der Waals surface area contributed by atoms with Crippen molar-refractivity contribution < 1.29 is 0 Å². The van der Waals surface area contributed by atoms with Gasteiger partial charge in [0, 0.05) is 37.9 Å². The SMILES string of the molecule is I.NC(=NCCc1nccn1Cc1ccccc1)NC1CCCCC1. The molecule has 5 nitrogen and oxygen atoms in total. The van der Waals surface area contributed by atoms with Crippen molar-refractivity contribution in [3.63, 3.8) is 0 Å². The summed E-state index contributed by atoms with van der Waals surface area (Å²) in [5, 5.41) is 3.35. The summed E-state index contributed by atoms with van der Waals surface area (Å²) in [4.78, 5) is 8.93. The Morgan fingerprint density at radius 1 is 1.20 bits per heavy atom. The number of aromatic nitrogens is 2. The Kier molecular flexibility index (Phi) is 8.24. The molecule has 0 spiro atoms. The second-order valence-corrected chi connectivity index (χ2v) is 6.45. The van der Waals surface area contributed by atoms with E-state index < -0.39 is 0 Å². The van der Waals surface area contributed by atoms with Crippen molar-refractivity contribution in [1.82, 2.24) is 14.9 Å². The molecule has 1 heterocycles. The summed E-state index contributed by atoms with van der Waals surface area (Å²) in [6.45, 7) is 1.51. The molecule has 1 aromatic carbocycles. The van der Waals surface area contributed by atoms with Crippen LogP contribution in [-0.2, 0) is 13.0 Å². The van der Waals surface area contributed by atoms with Crippen LogP contribution in [0.5, 0.6) is 0 Å². The highest BCUT2D eigenvalue weighted by molar-refractivity contribution is 14.0. The molecule has 1 aliphatic rings. The van der Waals surface area contributed by atoms with Gasteiger partial charge in [-0.3, -0.25) is 4.99 Å². The van der Waals surface area contributed by atoms with Crippen LogP contribution in [0.4, 0.5) is 0 Å². The normalized spacial score (nSPS) is 15.6. The van der Waals surface area contributed by atoms with Crippen LogP contribution in [0.25, 0.3) is 0 Å². The van der Waals surface area contributed by atoms with Gasteiger partial charge in [-0.05, 0) is 18.4 Å². The van der Waals surface area contributed by atoms with Gasteiger partial charge in [0.15, 0.2) is 5.96 Å². The van der Waals surface area contributed by atoms with E-state index in [0.29, 0.717) is 18.5 Å². The Hall–Kier alpha value is -1.57. The van der Waals surface area contributed by atoms with Crippen LogP contribution in [0.1, 0.15) is 43.5 Å². The van der Waals surface area contributed by atoms with Crippen molar-refractivity contribution >= 4 is 29.9 Å². The average molecular weight is 453 g/mol. The van der Waals surface area contributed by atoms with Crippen molar-refractivity contribution in [2.24, 2.45) is 10.7 Å². The molecule has 0 bridgehead atoms. The number of benzene rings is 1. The second kappa shape index (κ2) is 10.4. The summed E-state index contributed by atoms with van der Waals surface area (Å²) in [6, 6.07) is 10.9. The maximum Gasteiger partial charge on any atom is 0.188 e. The minimum absolute atomic E-state index is 0. The zero-order valence-electron chi connectivity index (χ0n) is 14.6. The Labute approximate surface area is 167 Å². The van der Waals surface area contributed by atoms with E-state index in [-0.39, 0.29) is 24.0 Å². The Balaban J connectivity index is 0.00000225. The molecule has 2 aromatic rings. The standard InChI is InChI=1S/C19H27N5.HI/c20-19(23-17-9-5-2-6-10-17)22-12-11-18-21-13-14-24(18)15-16-7-3-1-4-8-16;/h1,3-4,7-8,13-14,17H,2,5-6,9-12,15H2,(H3,20,22,23);1H. The number of guanidine groups is 1. The number of halogens is 1. The Bertz CT molecular complexity index is 647. The number of imidazole rings is 1. The molecule has 3 rings (SSSR count). The third-order valence-electron chi connectivity index (χ3n) is 4.57. The van der Waals surface area contributed by atoms with Gasteiger partial charge in [0.05, 0.1) is 0 Å². The van der Waals surface area contributed by atoms with Crippen LogP contribution in [-0.4, -0.2) is 28.1 Å². The maximum absolute atomic E-state index is 6.02. The quantitative estimate of drug-likeness (QED) is 0.401. The van der Waals surface area contributed by atoms with Gasteiger partial charge >= 0.3 is 0 Å². The van der Waals surface area contributed by atoms with E-state index in [4.69, 9.17) is 5.73 Å². The number of nitrogens with zero attached hydrogens (tertiary/aromatic N) is 3. The first-order valence-corrected chi connectivity index (χ1v) is 8.91. The molecule has 1 aromatic heterocycles. The van der Waals surface area contributed by atoms with E-state index in [1.165, 1.54) is 37.7 Å². The van der Waals surface area contributed by atoms with Crippen molar-refractivity contribution in [2.75, 3.05) is 6.54 Å². The molecule has 0 amide bonds.